The molecule has 3 nitrogen and oxygen atoms in total. The van der Waals surface area contributed by atoms with Crippen LogP contribution in [-0.4, -0.2) is 22.3 Å². The third-order valence-corrected chi connectivity index (χ3v) is 6.30. The molecule has 0 saturated carbocycles. The Labute approximate surface area is 166 Å². The standard InChI is InChI=1S/C21H18ClFN2OS/c1-12-7-14(9-24-21(12)23)15-5-3-4-6-16(15)18-10-25(13(2)26)11-19-17(18)8-20(22)27-19/h3-9,18H,10-11H2,1-2H3/t18-/m0/s1. The van der Waals surface area contributed by atoms with Crippen LogP contribution in [0.1, 0.15) is 34.4 Å². The monoisotopic (exact) mass is 400 g/mol. The van der Waals surface area contributed by atoms with Gasteiger partial charge in [-0.2, -0.15) is 4.39 Å². The number of carbonyl (C=O) groups is 1. The molecule has 1 atom stereocenters. The number of aryl methyl sites for hydroxylation is 1. The molecule has 2 aromatic heterocycles. The van der Waals surface area contributed by atoms with Crippen molar-refractivity contribution < 1.29 is 9.18 Å². The van der Waals surface area contributed by atoms with Crippen LogP contribution in [-0.2, 0) is 11.3 Å². The van der Waals surface area contributed by atoms with Crippen molar-refractivity contribution in [3.63, 3.8) is 0 Å². The molecule has 0 spiro atoms. The summed E-state index contributed by atoms with van der Waals surface area (Å²) in [5.74, 6) is -0.390. The van der Waals surface area contributed by atoms with Crippen LogP contribution in [0.5, 0.6) is 0 Å². The van der Waals surface area contributed by atoms with Crippen LogP contribution in [0.2, 0.25) is 4.34 Å². The Balaban J connectivity index is 1.86. The molecule has 1 aromatic carbocycles. The highest BCUT2D eigenvalue weighted by molar-refractivity contribution is 7.16. The van der Waals surface area contributed by atoms with Crippen molar-refractivity contribution in [2.75, 3.05) is 6.54 Å². The fourth-order valence-corrected chi connectivity index (χ4v) is 5.02. The second-order valence-corrected chi connectivity index (χ2v) is 8.57. The fourth-order valence-electron chi connectivity index (χ4n) is 3.66. The van der Waals surface area contributed by atoms with E-state index in [1.54, 1.807) is 20.0 Å². The number of carbonyl (C=O) groups excluding carboxylic acids is 1. The Kier molecular flexibility index (Phi) is 4.74. The first-order valence-electron chi connectivity index (χ1n) is 8.69. The van der Waals surface area contributed by atoms with Gasteiger partial charge in [0.2, 0.25) is 11.9 Å². The van der Waals surface area contributed by atoms with E-state index in [0.29, 0.717) is 18.7 Å². The van der Waals surface area contributed by atoms with E-state index in [1.807, 2.05) is 35.2 Å². The molecular formula is C21H18ClFN2OS. The third kappa shape index (κ3) is 3.37. The minimum Gasteiger partial charge on any atom is -0.337 e. The number of rotatable bonds is 2. The van der Waals surface area contributed by atoms with Crippen LogP contribution in [0, 0.1) is 12.9 Å². The summed E-state index contributed by atoms with van der Waals surface area (Å²) < 4.78 is 14.4. The molecule has 0 saturated heterocycles. The smallest absolute Gasteiger partial charge is 0.219 e. The highest BCUT2D eigenvalue weighted by Crippen LogP contribution is 2.42. The number of thiophene rings is 1. The number of hydrogen-bond donors (Lipinski definition) is 0. The summed E-state index contributed by atoms with van der Waals surface area (Å²) in [5.41, 5.74) is 4.63. The van der Waals surface area contributed by atoms with Gasteiger partial charge in [-0.05, 0) is 35.7 Å². The van der Waals surface area contributed by atoms with Crippen molar-refractivity contribution in [1.82, 2.24) is 9.88 Å². The molecule has 27 heavy (non-hydrogen) atoms. The molecule has 1 aliphatic rings. The zero-order valence-corrected chi connectivity index (χ0v) is 16.6. The Bertz CT molecular complexity index is 1030. The number of halogens is 2. The van der Waals surface area contributed by atoms with Gasteiger partial charge in [0.05, 0.1) is 10.9 Å². The van der Waals surface area contributed by atoms with E-state index >= 15 is 0 Å². The number of nitrogens with zero attached hydrogens (tertiary/aromatic N) is 2. The lowest BCUT2D eigenvalue weighted by atomic mass is 9.84. The topological polar surface area (TPSA) is 33.2 Å². The molecule has 3 aromatic rings. The second kappa shape index (κ2) is 7.06. The average Bonchev–Trinajstić information content (AvgIpc) is 3.03. The SMILES string of the molecule is CC(=O)N1Cc2sc(Cl)cc2[C@H](c2ccccc2-c2cnc(F)c(C)c2)C1. The second-order valence-electron chi connectivity index (χ2n) is 6.80. The first kappa shape index (κ1) is 18.1. The van der Waals surface area contributed by atoms with E-state index in [1.165, 1.54) is 16.9 Å². The Morgan fingerprint density at radius 1 is 1.30 bits per heavy atom. The van der Waals surface area contributed by atoms with Gasteiger partial charge in [0.15, 0.2) is 0 Å². The summed E-state index contributed by atoms with van der Waals surface area (Å²) in [7, 11) is 0. The number of fused-ring (bicyclic) bond motifs is 1. The van der Waals surface area contributed by atoms with Crippen LogP contribution >= 0.6 is 22.9 Å². The Morgan fingerprint density at radius 2 is 2.07 bits per heavy atom. The van der Waals surface area contributed by atoms with E-state index in [0.717, 1.165) is 25.9 Å². The molecule has 0 radical (unpaired) electrons. The zero-order valence-electron chi connectivity index (χ0n) is 15.0. The van der Waals surface area contributed by atoms with Crippen molar-refractivity contribution >= 4 is 28.8 Å². The maximum absolute atomic E-state index is 13.6. The van der Waals surface area contributed by atoms with E-state index < -0.39 is 5.95 Å². The highest BCUT2D eigenvalue weighted by atomic mass is 35.5. The summed E-state index contributed by atoms with van der Waals surface area (Å²) >= 11 is 7.81. The number of pyridine rings is 1. The first-order chi connectivity index (χ1) is 12.9. The predicted octanol–water partition coefficient (Wildman–Crippen LogP) is 5.41. The summed E-state index contributed by atoms with van der Waals surface area (Å²) in [4.78, 5) is 18.9. The van der Waals surface area contributed by atoms with Crippen LogP contribution < -0.4 is 0 Å². The summed E-state index contributed by atoms with van der Waals surface area (Å²) in [5, 5.41) is 0. The van der Waals surface area contributed by atoms with Crippen molar-refractivity contribution in [2.24, 2.45) is 0 Å². The molecule has 1 amide bonds. The lowest BCUT2D eigenvalue weighted by Gasteiger charge is -2.33. The largest absolute Gasteiger partial charge is 0.337 e. The molecule has 0 bridgehead atoms. The van der Waals surface area contributed by atoms with Crippen LogP contribution in [0.15, 0.2) is 42.6 Å². The molecular weight excluding hydrogens is 383 g/mol. The highest BCUT2D eigenvalue weighted by Gasteiger charge is 2.31. The van der Waals surface area contributed by atoms with Crippen LogP contribution in [0.4, 0.5) is 4.39 Å². The summed E-state index contributed by atoms with van der Waals surface area (Å²) in [6.07, 6.45) is 1.56. The van der Waals surface area contributed by atoms with Gasteiger partial charge in [-0.1, -0.05) is 35.9 Å². The quantitative estimate of drug-likeness (QED) is 0.539. The van der Waals surface area contributed by atoms with Crippen molar-refractivity contribution in [2.45, 2.75) is 26.3 Å². The first-order valence-corrected chi connectivity index (χ1v) is 9.88. The molecule has 0 fully saturated rings. The van der Waals surface area contributed by atoms with Gasteiger partial charge in [0.25, 0.3) is 0 Å². The lowest BCUT2D eigenvalue weighted by Crippen LogP contribution is -2.36. The Morgan fingerprint density at radius 3 is 2.81 bits per heavy atom. The van der Waals surface area contributed by atoms with Crippen molar-refractivity contribution in [3.05, 3.63) is 74.4 Å². The maximum atomic E-state index is 13.6. The zero-order chi connectivity index (χ0) is 19.1. The number of hydrogen-bond acceptors (Lipinski definition) is 3. The summed E-state index contributed by atoms with van der Waals surface area (Å²) in [6.45, 7) is 4.50. The number of aromatic nitrogens is 1. The van der Waals surface area contributed by atoms with Gasteiger partial charge in [-0.15, -0.1) is 11.3 Å². The van der Waals surface area contributed by atoms with E-state index in [9.17, 15) is 9.18 Å². The predicted molar refractivity (Wildman–Crippen MR) is 107 cm³/mol. The van der Waals surface area contributed by atoms with E-state index in [2.05, 4.69) is 11.1 Å². The minimum absolute atomic E-state index is 0.0166. The minimum atomic E-state index is -0.455. The number of benzene rings is 1. The molecule has 3 heterocycles. The fraction of sp³-hybridized carbons (Fsp3) is 0.238. The van der Waals surface area contributed by atoms with Gasteiger partial charge < -0.3 is 4.90 Å². The molecule has 0 unspecified atom stereocenters. The normalized spacial score (nSPS) is 16.3. The van der Waals surface area contributed by atoms with E-state index in [-0.39, 0.29) is 11.8 Å². The molecule has 1 aliphatic heterocycles. The average molecular weight is 401 g/mol. The molecule has 138 valence electrons. The van der Waals surface area contributed by atoms with Gasteiger partial charge in [0, 0.05) is 41.6 Å². The van der Waals surface area contributed by atoms with Gasteiger partial charge in [-0.25, -0.2) is 4.98 Å². The van der Waals surface area contributed by atoms with Gasteiger partial charge in [-0.3, -0.25) is 4.79 Å². The Hall–Kier alpha value is -2.24. The molecule has 0 N–H and O–H groups in total. The molecule has 6 heteroatoms. The van der Waals surface area contributed by atoms with Crippen LogP contribution in [0.3, 0.4) is 0 Å². The summed E-state index contributed by atoms with van der Waals surface area (Å²) in [6, 6.07) is 11.9. The third-order valence-electron chi connectivity index (χ3n) is 5.03. The van der Waals surface area contributed by atoms with Crippen molar-refractivity contribution in [3.8, 4) is 11.1 Å². The molecule has 4 rings (SSSR count). The lowest BCUT2D eigenvalue weighted by molar-refractivity contribution is -0.129. The van der Waals surface area contributed by atoms with Gasteiger partial charge >= 0.3 is 0 Å². The maximum Gasteiger partial charge on any atom is 0.219 e. The van der Waals surface area contributed by atoms with Gasteiger partial charge in [0.1, 0.15) is 0 Å². The van der Waals surface area contributed by atoms with Crippen LogP contribution in [0.25, 0.3) is 11.1 Å². The van der Waals surface area contributed by atoms with Crippen molar-refractivity contribution in [1.29, 1.82) is 0 Å². The van der Waals surface area contributed by atoms with E-state index in [4.69, 9.17) is 11.6 Å². The number of amides is 1. The molecule has 0 aliphatic carbocycles.